The summed E-state index contributed by atoms with van der Waals surface area (Å²) in [5.74, 6) is -1.57. The lowest BCUT2D eigenvalue weighted by Crippen LogP contribution is -2.34. The van der Waals surface area contributed by atoms with E-state index in [-0.39, 0.29) is 5.92 Å². The number of thiophene rings is 1. The first-order valence-electron chi connectivity index (χ1n) is 12.3. The largest absolute Gasteiger partial charge is 0.481 e. The number of carboxylic acid groups (broad SMARTS) is 1. The van der Waals surface area contributed by atoms with E-state index in [1.165, 1.54) is 87.5 Å². The van der Waals surface area contributed by atoms with Gasteiger partial charge in [0.2, 0.25) is 0 Å². The molecule has 3 atom stereocenters. The van der Waals surface area contributed by atoms with E-state index in [9.17, 15) is 15.0 Å². The Kier molecular flexibility index (Phi) is 12.4. The number of hydrogen-bond donors (Lipinski definition) is 2. The smallest absolute Gasteiger partial charge is 0.312 e. The number of aliphatic carboxylic acids is 1. The van der Waals surface area contributed by atoms with Crippen molar-refractivity contribution in [3.63, 3.8) is 0 Å². The Hall–Kier alpha value is -1.13. The molecule has 1 aromatic heterocycles. The Morgan fingerprint density at radius 1 is 1.10 bits per heavy atom. The molecule has 1 saturated carbocycles. The molecule has 2 N–H and O–H groups in total. The van der Waals surface area contributed by atoms with Crippen LogP contribution in [0.15, 0.2) is 29.2 Å². The summed E-state index contributed by atoms with van der Waals surface area (Å²) in [6.07, 6.45) is 20.1. The second kappa shape index (κ2) is 14.8. The number of carbonyl (C=O) groups is 1. The van der Waals surface area contributed by atoms with Crippen molar-refractivity contribution in [1.82, 2.24) is 0 Å². The van der Waals surface area contributed by atoms with Crippen molar-refractivity contribution in [2.45, 2.75) is 115 Å². The molecule has 0 amide bonds. The van der Waals surface area contributed by atoms with Crippen molar-refractivity contribution in [3.05, 3.63) is 34.0 Å². The van der Waals surface area contributed by atoms with Crippen LogP contribution in [-0.4, -0.2) is 22.3 Å². The predicted molar refractivity (Wildman–Crippen MR) is 127 cm³/mol. The summed E-state index contributed by atoms with van der Waals surface area (Å²) in [5, 5.41) is 22.3. The molecule has 0 radical (unpaired) electrons. The first kappa shape index (κ1) is 25.1. The van der Waals surface area contributed by atoms with Crippen LogP contribution < -0.4 is 0 Å². The Morgan fingerprint density at radius 2 is 1.73 bits per heavy atom. The molecule has 1 aliphatic rings. The van der Waals surface area contributed by atoms with Crippen LogP contribution in [0.5, 0.6) is 0 Å². The number of aliphatic hydroxyl groups excluding tert-OH is 1. The van der Waals surface area contributed by atoms with Crippen LogP contribution >= 0.6 is 11.3 Å². The first-order chi connectivity index (χ1) is 14.6. The maximum absolute atomic E-state index is 11.8. The molecule has 3 unspecified atom stereocenters. The highest BCUT2D eigenvalue weighted by atomic mass is 32.1. The van der Waals surface area contributed by atoms with Crippen molar-refractivity contribution in [2.24, 2.45) is 5.92 Å². The highest BCUT2D eigenvalue weighted by Crippen LogP contribution is 2.40. The predicted octanol–water partition coefficient (Wildman–Crippen LogP) is 7.70. The number of carboxylic acids is 1. The summed E-state index contributed by atoms with van der Waals surface area (Å²) in [4.78, 5) is 12.7. The third-order valence-corrected chi connectivity index (χ3v) is 7.50. The molecule has 1 fully saturated rings. The number of rotatable bonds is 15. The van der Waals surface area contributed by atoms with Gasteiger partial charge in [-0.1, -0.05) is 88.8 Å². The summed E-state index contributed by atoms with van der Waals surface area (Å²) < 4.78 is 0. The van der Waals surface area contributed by atoms with E-state index in [2.05, 4.69) is 13.0 Å². The maximum Gasteiger partial charge on any atom is 0.312 e. The standard InChI is InChI=1S/C26H42O3S/c1-2-3-4-5-6-7-8-9-10-11-12-13-15-21-17-18-22(23(27)20-21)25(26(28)29)24-16-14-19-30-24/h14-16,19,22-23,25,27H,2-13,17-18,20H2,1H3,(H,28,29). The molecule has 0 spiro atoms. The lowest BCUT2D eigenvalue weighted by Gasteiger charge is -2.33. The van der Waals surface area contributed by atoms with Gasteiger partial charge in [-0.2, -0.15) is 0 Å². The number of unbranched alkanes of at least 4 members (excludes halogenated alkanes) is 11. The number of aliphatic hydroxyl groups is 1. The third-order valence-electron chi connectivity index (χ3n) is 6.55. The van der Waals surface area contributed by atoms with Crippen molar-refractivity contribution in [1.29, 1.82) is 0 Å². The van der Waals surface area contributed by atoms with Gasteiger partial charge in [-0.15, -0.1) is 11.3 Å². The summed E-state index contributed by atoms with van der Waals surface area (Å²) in [5.41, 5.74) is 1.32. The van der Waals surface area contributed by atoms with E-state index in [1.807, 2.05) is 17.5 Å². The number of hydrogen-bond acceptors (Lipinski definition) is 3. The van der Waals surface area contributed by atoms with Crippen LogP contribution in [0.1, 0.15) is 114 Å². The van der Waals surface area contributed by atoms with Crippen LogP contribution in [0.3, 0.4) is 0 Å². The van der Waals surface area contributed by atoms with Crippen LogP contribution in [0.4, 0.5) is 0 Å². The van der Waals surface area contributed by atoms with E-state index in [4.69, 9.17) is 0 Å². The molecule has 3 nitrogen and oxygen atoms in total. The van der Waals surface area contributed by atoms with Gasteiger partial charge in [-0.05, 0) is 43.6 Å². The minimum Gasteiger partial charge on any atom is -0.481 e. The normalized spacial score (nSPS) is 21.7. The second-order valence-electron chi connectivity index (χ2n) is 8.99. The van der Waals surface area contributed by atoms with E-state index in [1.54, 1.807) is 0 Å². The van der Waals surface area contributed by atoms with Gasteiger partial charge in [0.1, 0.15) is 0 Å². The molecular weight excluding hydrogens is 392 g/mol. The highest BCUT2D eigenvalue weighted by Gasteiger charge is 2.37. The molecule has 1 heterocycles. The monoisotopic (exact) mass is 434 g/mol. The van der Waals surface area contributed by atoms with E-state index in [0.717, 1.165) is 24.1 Å². The molecule has 0 aromatic carbocycles. The molecule has 30 heavy (non-hydrogen) atoms. The zero-order valence-corrected chi connectivity index (χ0v) is 19.7. The van der Waals surface area contributed by atoms with Gasteiger partial charge < -0.3 is 10.2 Å². The van der Waals surface area contributed by atoms with E-state index in [0.29, 0.717) is 6.42 Å². The lowest BCUT2D eigenvalue weighted by molar-refractivity contribution is -0.141. The number of allylic oxidation sites excluding steroid dienone is 1. The third kappa shape index (κ3) is 8.93. The quantitative estimate of drug-likeness (QED) is 0.219. The molecule has 170 valence electrons. The van der Waals surface area contributed by atoms with Crippen LogP contribution in [0, 0.1) is 5.92 Å². The minimum atomic E-state index is -0.810. The van der Waals surface area contributed by atoms with E-state index < -0.39 is 18.0 Å². The fourth-order valence-corrected chi connectivity index (χ4v) is 5.63. The lowest BCUT2D eigenvalue weighted by atomic mass is 9.75. The molecule has 0 bridgehead atoms. The summed E-state index contributed by atoms with van der Waals surface area (Å²) in [6.45, 7) is 2.27. The van der Waals surface area contributed by atoms with Gasteiger partial charge >= 0.3 is 5.97 Å². The Bertz CT molecular complexity index is 608. The van der Waals surface area contributed by atoms with Gasteiger partial charge in [-0.25, -0.2) is 0 Å². The summed E-state index contributed by atoms with van der Waals surface area (Å²) >= 11 is 1.48. The SMILES string of the molecule is CCCCCCCCCCCCCC=C1CCC(C(C(=O)O)c2cccs2)C(O)C1. The van der Waals surface area contributed by atoms with Gasteiger partial charge in [0, 0.05) is 10.8 Å². The average molecular weight is 435 g/mol. The molecule has 0 aliphatic heterocycles. The first-order valence-corrected chi connectivity index (χ1v) is 13.1. The van der Waals surface area contributed by atoms with Gasteiger partial charge in [-0.3, -0.25) is 4.79 Å². The molecule has 1 aromatic rings. The highest BCUT2D eigenvalue weighted by molar-refractivity contribution is 7.10. The van der Waals surface area contributed by atoms with Crippen molar-refractivity contribution < 1.29 is 15.0 Å². The molecule has 4 heteroatoms. The van der Waals surface area contributed by atoms with Gasteiger partial charge in [0.15, 0.2) is 0 Å². The summed E-state index contributed by atoms with van der Waals surface area (Å²) in [6, 6.07) is 3.78. The Labute approximate surface area is 187 Å². The fraction of sp³-hybridized carbons (Fsp3) is 0.731. The van der Waals surface area contributed by atoms with Crippen molar-refractivity contribution in [2.75, 3.05) is 0 Å². The van der Waals surface area contributed by atoms with Gasteiger partial charge in [0.05, 0.1) is 12.0 Å². The van der Waals surface area contributed by atoms with Crippen molar-refractivity contribution in [3.8, 4) is 0 Å². The minimum absolute atomic E-state index is 0.180. The summed E-state index contributed by atoms with van der Waals surface area (Å²) in [7, 11) is 0. The van der Waals surface area contributed by atoms with Crippen LogP contribution in [-0.2, 0) is 4.79 Å². The molecule has 1 aliphatic carbocycles. The van der Waals surface area contributed by atoms with Crippen LogP contribution in [0.25, 0.3) is 0 Å². The second-order valence-corrected chi connectivity index (χ2v) is 9.97. The topological polar surface area (TPSA) is 57.5 Å². The zero-order valence-electron chi connectivity index (χ0n) is 18.9. The van der Waals surface area contributed by atoms with Crippen molar-refractivity contribution >= 4 is 17.3 Å². The van der Waals surface area contributed by atoms with Crippen LogP contribution in [0.2, 0.25) is 0 Å². The molecule has 2 rings (SSSR count). The fourth-order valence-electron chi connectivity index (χ4n) is 4.74. The zero-order chi connectivity index (χ0) is 21.6. The Balaban J connectivity index is 1.59. The molecule has 0 saturated heterocycles. The maximum atomic E-state index is 11.8. The van der Waals surface area contributed by atoms with Gasteiger partial charge in [0.25, 0.3) is 0 Å². The molecular formula is C26H42O3S. The average Bonchev–Trinajstić information content (AvgIpc) is 3.24. The Morgan fingerprint density at radius 3 is 2.27 bits per heavy atom. The van der Waals surface area contributed by atoms with E-state index >= 15 is 0 Å².